The Morgan fingerprint density at radius 1 is 0.786 bits per heavy atom. The Bertz CT molecular complexity index is 550. The summed E-state index contributed by atoms with van der Waals surface area (Å²) in [5, 5.41) is 1.03. The van der Waals surface area contributed by atoms with Crippen LogP contribution in [-0.2, 0) is 0 Å². The van der Waals surface area contributed by atoms with Crippen LogP contribution in [0.2, 0.25) is 0 Å². The minimum Gasteiger partial charge on any atom is -0.254 e. The second-order valence-electron chi connectivity index (χ2n) is 3.07. The van der Waals surface area contributed by atoms with Gasteiger partial charge < -0.3 is 0 Å². The highest BCUT2D eigenvalue weighted by Gasteiger charge is 2.01. The van der Waals surface area contributed by atoms with E-state index in [9.17, 15) is 0 Å². The molecule has 0 aliphatic carbocycles. The van der Waals surface area contributed by atoms with Crippen LogP contribution >= 0.6 is 0 Å². The van der Waals surface area contributed by atoms with Crippen molar-refractivity contribution in [2.24, 2.45) is 0 Å². The zero-order valence-corrected chi connectivity index (χ0v) is 7.38. The second kappa shape index (κ2) is 2.73. The van der Waals surface area contributed by atoms with Gasteiger partial charge in [0.2, 0.25) is 0 Å². The van der Waals surface area contributed by atoms with E-state index in [1.165, 1.54) is 0 Å². The highest BCUT2D eigenvalue weighted by Crippen LogP contribution is 2.18. The summed E-state index contributed by atoms with van der Waals surface area (Å²) in [5.74, 6) is 0. The lowest BCUT2D eigenvalue weighted by molar-refractivity contribution is 1.33. The number of aromatic nitrogens is 3. The van der Waals surface area contributed by atoms with Crippen molar-refractivity contribution in [3.63, 3.8) is 0 Å². The fourth-order valence-corrected chi connectivity index (χ4v) is 1.54. The van der Waals surface area contributed by atoms with E-state index in [1.807, 2.05) is 30.5 Å². The second-order valence-corrected chi connectivity index (χ2v) is 3.07. The van der Waals surface area contributed by atoms with Gasteiger partial charge in [0.1, 0.15) is 5.52 Å². The van der Waals surface area contributed by atoms with E-state index in [-0.39, 0.29) is 0 Å². The lowest BCUT2D eigenvalue weighted by Crippen LogP contribution is -1.86. The summed E-state index contributed by atoms with van der Waals surface area (Å²) in [6.45, 7) is 0. The third-order valence-electron chi connectivity index (χ3n) is 2.19. The van der Waals surface area contributed by atoms with Crippen LogP contribution in [0.5, 0.6) is 0 Å². The maximum atomic E-state index is 4.31. The molecule has 0 bridgehead atoms. The zero-order chi connectivity index (χ0) is 9.38. The molecular formula is C11H7N3. The molecule has 3 heterocycles. The Hall–Kier alpha value is -2.03. The van der Waals surface area contributed by atoms with E-state index in [4.69, 9.17) is 0 Å². The normalized spacial score (nSPS) is 10.9. The Balaban J connectivity index is 2.61. The van der Waals surface area contributed by atoms with E-state index in [1.54, 1.807) is 12.4 Å². The molecule has 0 atom stereocenters. The summed E-state index contributed by atoms with van der Waals surface area (Å²) < 4.78 is 0. The Kier molecular flexibility index (Phi) is 1.44. The van der Waals surface area contributed by atoms with E-state index in [0.717, 1.165) is 21.9 Å². The van der Waals surface area contributed by atoms with E-state index >= 15 is 0 Å². The number of pyridine rings is 3. The molecule has 66 valence electrons. The first-order valence-electron chi connectivity index (χ1n) is 4.39. The van der Waals surface area contributed by atoms with Crippen LogP contribution in [0, 0.1) is 0 Å². The molecule has 0 saturated heterocycles. The molecule has 3 rings (SSSR count). The summed E-state index contributed by atoms with van der Waals surface area (Å²) in [6, 6.07) is 7.71. The monoisotopic (exact) mass is 181 g/mol. The van der Waals surface area contributed by atoms with Crippen LogP contribution in [0.4, 0.5) is 0 Å². The van der Waals surface area contributed by atoms with Gasteiger partial charge in [0, 0.05) is 24.0 Å². The van der Waals surface area contributed by atoms with Crippen LogP contribution < -0.4 is 0 Å². The van der Waals surface area contributed by atoms with Crippen molar-refractivity contribution in [1.82, 2.24) is 15.0 Å². The quantitative estimate of drug-likeness (QED) is 0.499. The first kappa shape index (κ1) is 7.38. The molecule has 0 N–H and O–H groups in total. The zero-order valence-electron chi connectivity index (χ0n) is 7.38. The summed E-state index contributed by atoms with van der Waals surface area (Å²) in [4.78, 5) is 12.9. The molecule has 0 saturated carbocycles. The van der Waals surface area contributed by atoms with Crippen molar-refractivity contribution in [1.29, 1.82) is 0 Å². The molecule has 3 aromatic rings. The maximum Gasteiger partial charge on any atom is 0.115 e. The van der Waals surface area contributed by atoms with Gasteiger partial charge in [0.05, 0.1) is 11.0 Å². The molecular weight excluding hydrogens is 174 g/mol. The molecule has 0 unspecified atom stereocenters. The van der Waals surface area contributed by atoms with E-state index < -0.39 is 0 Å². The third-order valence-corrected chi connectivity index (χ3v) is 2.19. The van der Waals surface area contributed by atoms with Crippen LogP contribution in [0.25, 0.3) is 21.9 Å². The van der Waals surface area contributed by atoms with Crippen molar-refractivity contribution in [3.8, 4) is 0 Å². The fourth-order valence-electron chi connectivity index (χ4n) is 1.54. The van der Waals surface area contributed by atoms with Crippen molar-refractivity contribution in [2.45, 2.75) is 0 Å². The van der Waals surface area contributed by atoms with Crippen LogP contribution in [0.15, 0.2) is 42.9 Å². The van der Waals surface area contributed by atoms with Crippen LogP contribution in [-0.4, -0.2) is 15.0 Å². The predicted octanol–water partition coefficient (Wildman–Crippen LogP) is 2.18. The average molecular weight is 181 g/mol. The third kappa shape index (κ3) is 0.956. The number of nitrogens with zero attached hydrogens (tertiary/aromatic N) is 3. The summed E-state index contributed by atoms with van der Waals surface area (Å²) >= 11 is 0. The number of rotatable bonds is 0. The summed E-state index contributed by atoms with van der Waals surface area (Å²) in [6.07, 6.45) is 5.36. The highest BCUT2D eigenvalue weighted by atomic mass is 14.8. The molecule has 0 aromatic carbocycles. The first-order chi connectivity index (χ1) is 6.95. The van der Waals surface area contributed by atoms with Gasteiger partial charge >= 0.3 is 0 Å². The minimum absolute atomic E-state index is 0.866. The molecule has 14 heavy (non-hydrogen) atoms. The van der Waals surface area contributed by atoms with Crippen LogP contribution in [0.1, 0.15) is 0 Å². The Morgan fingerprint density at radius 2 is 1.57 bits per heavy atom. The topological polar surface area (TPSA) is 38.7 Å². The predicted molar refractivity (Wildman–Crippen MR) is 54.8 cm³/mol. The number of hydrogen-bond donors (Lipinski definition) is 0. The lowest BCUT2D eigenvalue weighted by Gasteiger charge is -1.99. The van der Waals surface area contributed by atoms with Gasteiger partial charge in [-0.15, -0.1) is 0 Å². The van der Waals surface area contributed by atoms with Gasteiger partial charge in [-0.2, -0.15) is 0 Å². The molecule has 0 aliphatic rings. The van der Waals surface area contributed by atoms with Crippen molar-refractivity contribution < 1.29 is 0 Å². The lowest BCUT2D eigenvalue weighted by atomic mass is 10.2. The van der Waals surface area contributed by atoms with Crippen molar-refractivity contribution in [2.75, 3.05) is 0 Å². The molecule has 0 aliphatic heterocycles. The molecule has 0 spiro atoms. The Morgan fingerprint density at radius 3 is 2.50 bits per heavy atom. The molecule has 0 fully saturated rings. The molecule has 3 aromatic heterocycles. The summed E-state index contributed by atoms with van der Waals surface area (Å²) in [5.41, 5.74) is 2.67. The number of hydrogen-bond acceptors (Lipinski definition) is 3. The summed E-state index contributed by atoms with van der Waals surface area (Å²) in [7, 11) is 0. The van der Waals surface area contributed by atoms with Gasteiger partial charge in [0.15, 0.2) is 0 Å². The molecule has 3 nitrogen and oxygen atoms in total. The van der Waals surface area contributed by atoms with Gasteiger partial charge in [-0.25, -0.2) is 0 Å². The van der Waals surface area contributed by atoms with Gasteiger partial charge in [-0.1, -0.05) is 0 Å². The molecule has 3 heteroatoms. The van der Waals surface area contributed by atoms with Crippen molar-refractivity contribution >= 4 is 21.9 Å². The van der Waals surface area contributed by atoms with E-state index in [0.29, 0.717) is 0 Å². The van der Waals surface area contributed by atoms with Crippen LogP contribution in [0.3, 0.4) is 0 Å². The maximum absolute atomic E-state index is 4.31. The van der Waals surface area contributed by atoms with Gasteiger partial charge in [-0.05, 0) is 24.3 Å². The highest BCUT2D eigenvalue weighted by molar-refractivity contribution is 5.99. The number of fused-ring (bicyclic) bond motifs is 3. The average Bonchev–Trinajstić information content (AvgIpc) is 2.29. The largest absolute Gasteiger partial charge is 0.254 e. The Labute approximate surface area is 80.5 Å². The van der Waals surface area contributed by atoms with Gasteiger partial charge in [-0.3, -0.25) is 15.0 Å². The van der Waals surface area contributed by atoms with Crippen molar-refractivity contribution in [3.05, 3.63) is 42.9 Å². The standard InChI is InChI=1S/C11H7N3/c1-3-8-7-14-9-4-2-6-13-11(9)10(8)12-5-1/h1-7H. The SMILES string of the molecule is c1cnc2c(c1)cnc1cccnc12. The van der Waals surface area contributed by atoms with Gasteiger partial charge in [0.25, 0.3) is 0 Å². The first-order valence-corrected chi connectivity index (χ1v) is 4.39. The minimum atomic E-state index is 0.866. The smallest absolute Gasteiger partial charge is 0.115 e. The molecule has 0 radical (unpaired) electrons. The fraction of sp³-hybridized carbons (Fsp3) is 0. The van der Waals surface area contributed by atoms with E-state index in [2.05, 4.69) is 15.0 Å². The molecule has 0 amide bonds.